The van der Waals surface area contributed by atoms with Crippen molar-refractivity contribution >= 4 is 20.2 Å². The van der Waals surface area contributed by atoms with E-state index in [1.54, 1.807) is 6.07 Å². The summed E-state index contributed by atoms with van der Waals surface area (Å²) >= 11 is 0. The first-order valence-electron chi connectivity index (χ1n) is 7.69. The third-order valence-corrected chi connectivity index (χ3v) is 6.53. The summed E-state index contributed by atoms with van der Waals surface area (Å²) in [7, 11) is -7.49. The molecule has 0 unspecified atom stereocenters. The van der Waals surface area contributed by atoms with Crippen LogP contribution in [0.3, 0.4) is 0 Å². The third kappa shape index (κ3) is 4.25. The SMILES string of the molecule is NS(=O)(=O)c1cccc(CNS(=O)(=O)N2CCc3ccccc3C2)c1. The molecule has 1 aliphatic heterocycles. The van der Waals surface area contributed by atoms with Crippen molar-refractivity contribution < 1.29 is 16.8 Å². The fourth-order valence-corrected chi connectivity index (χ4v) is 4.53. The Kier molecular flexibility index (Phi) is 4.94. The molecule has 0 spiro atoms. The Bertz CT molecular complexity index is 988. The quantitative estimate of drug-likeness (QED) is 0.795. The summed E-state index contributed by atoms with van der Waals surface area (Å²) in [5.41, 5.74) is 2.68. The van der Waals surface area contributed by atoms with E-state index in [1.807, 2.05) is 24.3 Å². The zero-order chi connectivity index (χ0) is 18.1. The first-order valence-corrected chi connectivity index (χ1v) is 10.7. The molecule has 0 aromatic heterocycles. The van der Waals surface area contributed by atoms with Crippen molar-refractivity contribution in [3.63, 3.8) is 0 Å². The fraction of sp³-hybridized carbons (Fsp3) is 0.250. The Morgan fingerprint density at radius 1 is 1.00 bits per heavy atom. The van der Waals surface area contributed by atoms with Crippen molar-refractivity contribution in [3.8, 4) is 0 Å². The van der Waals surface area contributed by atoms with Crippen LogP contribution in [-0.2, 0) is 39.7 Å². The number of primary sulfonamides is 1. The molecule has 9 heteroatoms. The molecular weight excluding hydrogens is 362 g/mol. The molecule has 0 radical (unpaired) electrons. The smallest absolute Gasteiger partial charge is 0.225 e. The van der Waals surface area contributed by atoms with Gasteiger partial charge in [-0.3, -0.25) is 0 Å². The molecule has 3 N–H and O–H groups in total. The highest BCUT2D eigenvalue weighted by molar-refractivity contribution is 7.89. The second-order valence-electron chi connectivity index (χ2n) is 5.87. The molecule has 0 fully saturated rings. The minimum Gasteiger partial charge on any atom is -0.225 e. The number of rotatable bonds is 5. The van der Waals surface area contributed by atoms with Crippen LogP contribution in [0, 0.1) is 0 Å². The summed E-state index contributed by atoms with van der Waals surface area (Å²) in [5, 5.41) is 5.10. The number of hydrogen-bond donors (Lipinski definition) is 2. The van der Waals surface area contributed by atoms with Gasteiger partial charge in [0.2, 0.25) is 10.0 Å². The average molecular weight is 381 g/mol. The maximum absolute atomic E-state index is 12.5. The first kappa shape index (κ1) is 18.0. The van der Waals surface area contributed by atoms with E-state index in [9.17, 15) is 16.8 Å². The minimum absolute atomic E-state index is 0.0101. The van der Waals surface area contributed by atoms with Gasteiger partial charge in [0, 0.05) is 19.6 Å². The molecule has 0 atom stereocenters. The van der Waals surface area contributed by atoms with Crippen LogP contribution in [0.1, 0.15) is 16.7 Å². The predicted octanol–water partition coefficient (Wildman–Crippen LogP) is 0.727. The maximum atomic E-state index is 12.5. The summed E-state index contributed by atoms with van der Waals surface area (Å²) in [6.45, 7) is 0.718. The summed E-state index contributed by atoms with van der Waals surface area (Å²) < 4.78 is 51.7. The molecule has 25 heavy (non-hydrogen) atoms. The molecule has 1 heterocycles. The van der Waals surface area contributed by atoms with E-state index in [1.165, 1.54) is 22.5 Å². The van der Waals surface area contributed by atoms with Crippen LogP contribution in [0.25, 0.3) is 0 Å². The Balaban J connectivity index is 1.71. The molecule has 7 nitrogen and oxygen atoms in total. The lowest BCUT2D eigenvalue weighted by Gasteiger charge is -2.28. The lowest BCUT2D eigenvalue weighted by atomic mass is 10.0. The number of nitrogens with zero attached hydrogens (tertiary/aromatic N) is 1. The molecule has 2 aromatic carbocycles. The van der Waals surface area contributed by atoms with Crippen LogP contribution in [-0.4, -0.2) is 27.7 Å². The average Bonchev–Trinajstić information content (AvgIpc) is 2.59. The zero-order valence-electron chi connectivity index (χ0n) is 13.4. The van der Waals surface area contributed by atoms with Crippen LogP contribution in [0.15, 0.2) is 53.4 Å². The molecule has 0 saturated heterocycles. The van der Waals surface area contributed by atoms with Crippen LogP contribution in [0.5, 0.6) is 0 Å². The van der Waals surface area contributed by atoms with E-state index in [-0.39, 0.29) is 11.4 Å². The van der Waals surface area contributed by atoms with Crippen LogP contribution in [0.2, 0.25) is 0 Å². The fourth-order valence-electron chi connectivity index (χ4n) is 2.77. The van der Waals surface area contributed by atoms with E-state index in [2.05, 4.69) is 4.72 Å². The van der Waals surface area contributed by atoms with Crippen molar-refractivity contribution in [1.82, 2.24) is 9.03 Å². The van der Waals surface area contributed by atoms with Crippen molar-refractivity contribution in [1.29, 1.82) is 0 Å². The van der Waals surface area contributed by atoms with E-state index >= 15 is 0 Å². The number of fused-ring (bicyclic) bond motifs is 1. The van der Waals surface area contributed by atoms with Gasteiger partial charge in [-0.25, -0.2) is 13.6 Å². The molecule has 2 aromatic rings. The highest BCUT2D eigenvalue weighted by Crippen LogP contribution is 2.20. The van der Waals surface area contributed by atoms with Gasteiger partial charge in [-0.1, -0.05) is 36.4 Å². The summed E-state index contributed by atoms with van der Waals surface area (Å²) in [5.74, 6) is 0. The molecular formula is C16H19N3O4S2. The Morgan fingerprint density at radius 2 is 1.72 bits per heavy atom. The van der Waals surface area contributed by atoms with Crippen LogP contribution < -0.4 is 9.86 Å². The number of benzene rings is 2. The normalized spacial score (nSPS) is 15.7. The van der Waals surface area contributed by atoms with Crippen molar-refractivity contribution in [2.24, 2.45) is 5.14 Å². The summed E-state index contributed by atoms with van der Waals surface area (Å²) in [6.07, 6.45) is 0.665. The maximum Gasteiger partial charge on any atom is 0.280 e. The van der Waals surface area contributed by atoms with Gasteiger partial charge in [0.05, 0.1) is 4.90 Å². The van der Waals surface area contributed by atoms with Gasteiger partial charge in [0.1, 0.15) is 0 Å². The van der Waals surface area contributed by atoms with E-state index in [0.717, 1.165) is 11.1 Å². The van der Waals surface area contributed by atoms with Gasteiger partial charge in [-0.05, 0) is 35.2 Å². The number of nitrogens with one attached hydrogen (secondary N) is 1. The lowest BCUT2D eigenvalue weighted by molar-refractivity contribution is 0.384. The predicted molar refractivity (Wildman–Crippen MR) is 94.1 cm³/mol. The standard InChI is InChI=1S/C16H19N3O4S2/c17-24(20,21)16-7-3-4-13(10-16)11-18-25(22,23)19-9-8-14-5-1-2-6-15(14)12-19/h1-7,10,18H,8-9,11-12H2,(H2,17,20,21). The molecule has 134 valence electrons. The third-order valence-electron chi connectivity index (χ3n) is 4.12. The number of sulfonamides is 1. The van der Waals surface area contributed by atoms with E-state index in [4.69, 9.17) is 5.14 Å². The largest absolute Gasteiger partial charge is 0.280 e. The Morgan fingerprint density at radius 3 is 2.44 bits per heavy atom. The summed E-state index contributed by atoms with van der Waals surface area (Å²) in [6, 6.07) is 13.7. The van der Waals surface area contributed by atoms with Crippen molar-refractivity contribution in [3.05, 3.63) is 65.2 Å². The second kappa shape index (κ2) is 6.85. The molecule has 0 amide bonds. The van der Waals surface area contributed by atoms with Crippen molar-refractivity contribution in [2.45, 2.75) is 24.4 Å². The van der Waals surface area contributed by atoms with Crippen LogP contribution >= 0.6 is 0 Å². The van der Waals surface area contributed by atoms with Gasteiger partial charge in [0.25, 0.3) is 10.2 Å². The molecule has 1 aliphatic rings. The highest BCUT2D eigenvalue weighted by atomic mass is 32.2. The first-order chi connectivity index (χ1) is 11.8. The zero-order valence-corrected chi connectivity index (χ0v) is 15.1. The monoisotopic (exact) mass is 381 g/mol. The lowest BCUT2D eigenvalue weighted by Crippen LogP contribution is -2.43. The van der Waals surface area contributed by atoms with Gasteiger partial charge >= 0.3 is 0 Å². The Hall–Kier alpha value is -1.78. The molecule has 0 aliphatic carbocycles. The second-order valence-corrected chi connectivity index (χ2v) is 9.19. The Labute approximate surface area is 147 Å². The number of hydrogen-bond acceptors (Lipinski definition) is 4. The summed E-state index contributed by atoms with van der Waals surface area (Å²) in [4.78, 5) is -0.0453. The van der Waals surface area contributed by atoms with Gasteiger partial charge < -0.3 is 0 Å². The number of nitrogens with two attached hydrogens (primary N) is 1. The minimum atomic E-state index is -3.82. The van der Waals surface area contributed by atoms with Gasteiger partial charge in [-0.15, -0.1) is 0 Å². The van der Waals surface area contributed by atoms with Crippen molar-refractivity contribution in [2.75, 3.05) is 6.54 Å². The molecule has 0 saturated carbocycles. The van der Waals surface area contributed by atoms with Gasteiger partial charge in [-0.2, -0.15) is 17.4 Å². The topological polar surface area (TPSA) is 110 Å². The van der Waals surface area contributed by atoms with Gasteiger partial charge in [0.15, 0.2) is 0 Å². The molecule has 3 rings (SSSR count). The van der Waals surface area contributed by atoms with E-state index in [0.29, 0.717) is 25.1 Å². The molecule has 0 bridgehead atoms. The van der Waals surface area contributed by atoms with E-state index < -0.39 is 20.2 Å². The highest BCUT2D eigenvalue weighted by Gasteiger charge is 2.26. The van der Waals surface area contributed by atoms with Crippen LogP contribution in [0.4, 0.5) is 0 Å².